The first kappa shape index (κ1) is 22.1. The minimum atomic E-state index is -1.82. The molecule has 1 saturated heterocycles. The highest BCUT2D eigenvalue weighted by atomic mass is 79.9. The molecule has 0 aromatic heterocycles. The van der Waals surface area contributed by atoms with Crippen LogP contribution in [0.2, 0.25) is 0 Å². The number of hydrogen-bond donors (Lipinski definition) is 3. The summed E-state index contributed by atoms with van der Waals surface area (Å²) in [6.45, 7) is 7.69. The van der Waals surface area contributed by atoms with Crippen LogP contribution in [-0.4, -0.2) is 52.6 Å². The van der Waals surface area contributed by atoms with Crippen molar-refractivity contribution in [2.24, 2.45) is 11.8 Å². The summed E-state index contributed by atoms with van der Waals surface area (Å²) < 4.78 is 1.02. The summed E-state index contributed by atoms with van der Waals surface area (Å²) in [5.74, 6) is -2.07. The van der Waals surface area contributed by atoms with Crippen molar-refractivity contribution in [3.63, 3.8) is 0 Å². The fourth-order valence-corrected chi connectivity index (χ4v) is 3.26. The quantitative estimate of drug-likeness (QED) is 0.636. The molecule has 1 fully saturated rings. The first-order valence-corrected chi connectivity index (χ1v) is 9.20. The van der Waals surface area contributed by atoms with Gasteiger partial charge in [0, 0.05) is 36.2 Å². The van der Waals surface area contributed by atoms with Crippen molar-refractivity contribution in [3.05, 3.63) is 28.7 Å². The topological polar surface area (TPSA) is 107 Å². The highest BCUT2D eigenvalue weighted by Crippen LogP contribution is 2.21. The van der Waals surface area contributed by atoms with E-state index in [2.05, 4.69) is 40.0 Å². The lowest BCUT2D eigenvalue weighted by Gasteiger charge is -2.34. The van der Waals surface area contributed by atoms with Gasteiger partial charge in [0.2, 0.25) is 5.91 Å². The Hall–Kier alpha value is -1.93. The Morgan fingerprint density at radius 1 is 1.08 bits per heavy atom. The zero-order valence-corrected chi connectivity index (χ0v) is 16.5. The molecule has 1 aliphatic heterocycles. The van der Waals surface area contributed by atoms with Crippen LogP contribution >= 0.6 is 15.9 Å². The molecule has 8 heteroatoms. The van der Waals surface area contributed by atoms with E-state index in [1.165, 1.54) is 6.42 Å². The van der Waals surface area contributed by atoms with E-state index in [0.717, 1.165) is 41.6 Å². The Balaban J connectivity index is 0.000000487. The number of rotatable bonds is 4. The Kier molecular flexibility index (Phi) is 9.29. The second-order valence-electron chi connectivity index (χ2n) is 6.62. The van der Waals surface area contributed by atoms with E-state index >= 15 is 0 Å². The third kappa shape index (κ3) is 8.96. The maximum atomic E-state index is 12.0. The fraction of sp³-hybridized carbons (Fsp3) is 0.500. The molecule has 7 nitrogen and oxygen atoms in total. The SMILES string of the molecule is CC1CC(C)CN(CCC(=O)Nc2ccc(Br)cc2)C1.O=C(O)C(=O)O. The molecule has 1 aromatic carbocycles. The van der Waals surface area contributed by atoms with Crippen LogP contribution in [0.15, 0.2) is 28.7 Å². The van der Waals surface area contributed by atoms with Crippen LogP contribution in [0.4, 0.5) is 5.69 Å². The molecule has 0 bridgehead atoms. The van der Waals surface area contributed by atoms with Gasteiger partial charge in [0.15, 0.2) is 0 Å². The highest BCUT2D eigenvalue weighted by molar-refractivity contribution is 9.10. The van der Waals surface area contributed by atoms with Crippen LogP contribution in [0.1, 0.15) is 26.7 Å². The lowest BCUT2D eigenvalue weighted by molar-refractivity contribution is -0.159. The number of aliphatic carboxylic acids is 2. The molecule has 0 spiro atoms. The van der Waals surface area contributed by atoms with Crippen molar-refractivity contribution < 1.29 is 24.6 Å². The van der Waals surface area contributed by atoms with Crippen LogP contribution in [-0.2, 0) is 14.4 Å². The van der Waals surface area contributed by atoms with E-state index < -0.39 is 11.9 Å². The Labute approximate surface area is 161 Å². The van der Waals surface area contributed by atoms with Gasteiger partial charge in [-0.05, 0) is 42.5 Å². The molecule has 2 atom stereocenters. The van der Waals surface area contributed by atoms with E-state index in [1.807, 2.05) is 24.3 Å². The molecule has 0 saturated carbocycles. The second kappa shape index (κ2) is 10.9. The van der Waals surface area contributed by atoms with Gasteiger partial charge < -0.3 is 20.4 Å². The summed E-state index contributed by atoms with van der Waals surface area (Å²) in [5, 5.41) is 17.7. The zero-order valence-electron chi connectivity index (χ0n) is 14.9. The number of carboxylic acids is 2. The molecule has 144 valence electrons. The number of carbonyl (C=O) groups is 3. The maximum absolute atomic E-state index is 12.0. The van der Waals surface area contributed by atoms with Gasteiger partial charge in [-0.3, -0.25) is 4.79 Å². The number of piperidine rings is 1. The Morgan fingerprint density at radius 2 is 1.58 bits per heavy atom. The number of anilines is 1. The number of likely N-dealkylation sites (tertiary alicyclic amines) is 1. The van der Waals surface area contributed by atoms with E-state index in [-0.39, 0.29) is 5.91 Å². The zero-order chi connectivity index (χ0) is 19.7. The van der Waals surface area contributed by atoms with Crippen molar-refractivity contribution >= 4 is 39.5 Å². The van der Waals surface area contributed by atoms with Gasteiger partial charge >= 0.3 is 11.9 Å². The van der Waals surface area contributed by atoms with E-state index in [9.17, 15) is 4.79 Å². The minimum absolute atomic E-state index is 0.0956. The summed E-state index contributed by atoms with van der Waals surface area (Å²) in [6, 6.07) is 7.69. The monoisotopic (exact) mass is 428 g/mol. The molecule has 1 heterocycles. The number of carbonyl (C=O) groups excluding carboxylic acids is 1. The molecule has 1 amide bonds. The van der Waals surface area contributed by atoms with Crippen LogP contribution in [0.5, 0.6) is 0 Å². The van der Waals surface area contributed by atoms with Crippen LogP contribution in [0.25, 0.3) is 0 Å². The van der Waals surface area contributed by atoms with Crippen molar-refractivity contribution in [3.8, 4) is 0 Å². The Morgan fingerprint density at radius 3 is 2.04 bits per heavy atom. The molecule has 26 heavy (non-hydrogen) atoms. The molecular formula is C18H25BrN2O5. The van der Waals surface area contributed by atoms with Crippen molar-refractivity contribution in [1.29, 1.82) is 0 Å². The number of nitrogens with one attached hydrogen (secondary N) is 1. The van der Waals surface area contributed by atoms with Crippen molar-refractivity contribution in [2.75, 3.05) is 25.0 Å². The number of amides is 1. The van der Waals surface area contributed by atoms with E-state index in [4.69, 9.17) is 19.8 Å². The number of hydrogen-bond acceptors (Lipinski definition) is 4. The largest absolute Gasteiger partial charge is 0.473 e. The average molecular weight is 429 g/mol. The van der Waals surface area contributed by atoms with Gasteiger partial charge in [-0.2, -0.15) is 0 Å². The third-order valence-corrected chi connectivity index (χ3v) is 4.44. The number of benzene rings is 1. The first-order valence-electron chi connectivity index (χ1n) is 8.41. The summed E-state index contributed by atoms with van der Waals surface area (Å²) in [5.41, 5.74) is 0.860. The van der Waals surface area contributed by atoms with Gasteiger partial charge in [-0.25, -0.2) is 9.59 Å². The van der Waals surface area contributed by atoms with E-state index in [0.29, 0.717) is 6.42 Å². The fourth-order valence-electron chi connectivity index (χ4n) is 2.99. The smallest absolute Gasteiger partial charge is 0.414 e. The molecule has 2 unspecified atom stereocenters. The lowest BCUT2D eigenvalue weighted by Crippen LogP contribution is -2.40. The third-order valence-electron chi connectivity index (χ3n) is 3.91. The van der Waals surface area contributed by atoms with Gasteiger partial charge in [0.25, 0.3) is 0 Å². The molecule has 1 aromatic rings. The van der Waals surface area contributed by atoms with Gasteiger partial charge in [0.1, 0.15) is 0 Å². The molecule has 0 radical (unpaired) electrons. The van der Waals surface area contributed by atoms with Crippen molar-refractivity contribution in [1.82, 2.24) is 4.90 Å². The summed E-state index contributed by atoms with van der Waals surface area (Å²) in [7, 11) is 0. The average Bonchev–Trinajstić information content (AvgIpc) is 2.55. The predicted octanol–water partition coefficient (Wildman–Crippen LogP) is 2.91. The molecule has 2 rings (SSSR count). The Bertz CT molecular complexity index is 599. The second-order valence-corrected chi connectivity index (χ2v) is 7.54. The predicted molar refractivity (Wildman–Crippen MR) is 102 cm³/mol. The summed E-state index contributed by atoms with van der Waals surface area (Å²) >= 11 is 3.39. The van der Waals surface area contributed by atoms with Crippen LogP contribution in [0.3, 0.4) is 0 Å². The maximum Gasteiger partial charge on any atom is 0.414 e. The van der Waals surface area contributed by atoms with Crippen LogP contribution < -0.4 is 5.32 Å². The molecule has 0 aliphatic carbocycles. The van der Waals surface area contributed by atoms with Gasteiger partial charge in [-0.1, -0.05) is 29.8 Å². The number of nitrogens with zero attached hydrogens (tertiary/aromatic N) is 1. The standard InChI is InChI=1S/C16H23BrN2O.C2H2O4/c1-12-9-13(2)11-19(10-12)8-7-16(20)18-15-5-3-14(17)4-6-15;3-1(4)2(5)6/h3-6,12-13H,7-11H2,1-2H3,(H,18,20);(H,3,4)(H,5,6). The number of carboxylic acid groups (broad SMARTS) is 2. The summed E-state index contributed by atoms with van der Waals surface area (Å²) in [6.07, 6.45) is 1.87. The minimum Gasteiger partial charge on any atom is -0.473 e. The van der Waals surface area contributed by atoms with Crippen molar-refractivity contribution in [2.45, 2.75) is 26.7 Å². The van der Waals surface area contributed by atoms with Crippen LogP contribution in [0, 0.1) is 11.8 Å². The number of halogens is 1. The molecule has 3 N–H and O–H groups in total. The molecule has 1 aliphatic rings. The van der Waals surface area contributed by atoms with Gasteiger partial charge in [-0.15, -0.1) is 0 Å². The summed E-state index contributed by atoms with van der Waals surface area (Å²) in [4.78, 5) is 32.6. The molecular weight excluding hydrogens is 404 g/mol. The van der Waals surface area contributed by atoms with Gasteiger partial charge in [0.05, 0.1) is 0 Å². The first-order chi connectivity index (χ1) is 12.2. The van der Waals surface area contributed by atoms with E-state index in [1.54, 1.807) is 0 Å². The lowest BCUT2D eigenvalue weighted by atomic mass is 9.92. The highest BCUT2D eigenvalue weighted by Gasteiger charge is 2.21. The normalized spacial score (nSPS) is 19.8.